The number of rotatable bonds is 6. The van der Waals surface area contributed by atoms with Gasteiger partial charge in [-0.15, -0.1) is 0 Å². The summed E-state index contributed by atoms with van der Waals surface area (Å²) in [6.45, 7) is 5.22. The molecule has 1 aromatic heterocycles. The third-order valence-corrected chi connectivity index (χ3v) is 4.94. The lowest BCUT2D eigenvalue weighted by molar-refractivity contribution is -0.128. The van der Waals surface area contributed by atoms with E-state index in [1.165, 1.54) is 11.8 Å². The van der Waals surface area contributed by atoms with Gasteiger partial charge in [-0.25, -0.2) is 9.97 Å². The smallest absolute Gasteiger partial charge is 0.233 e. The summed E-state index contributed by atoms with van der Waals surface area (Å²) in [6.07, 6.45) is 0. The third-order valence-electron chi connectivity index (χ3n) is 3.96. The van der Waals surface area contributed by atoms with Crippen LogP contribution in [0.2, 0.25) is 0 Å². The molecule has 0 radical (unpaired) electrons. The van der Waals surface area contributed by atoms with Gasteiger partial charge in [0.2, 0.25) is 5.91 Å². The van der Waals surface area contributed by atoms with Crippen LogP contribution < -0.4 is 0 Å². The van der Waals surface area contributed by atoms with Gasteiger partial charge in [0.05, 0.1) is 11.3 Å². The molecular weight excluding hydrogens is 330 g/mol. The van der Waals surface area contributed by atoms with Gasteiger partial charge in [0, 0.05) is 18.5 Å². The van der Waals surface area contributed by atoms with Crippen LogP contribution >= 0.6 is 11.8 Å². The van der Waals surface area contributed by atoms with Gasteiger partial charge in [-0.2, -0.15) is 0 Å². The molecule has 0 unspecified atom stereocenters. The molecule has 0 spiro atoms. The summed E-state index contributed by atoms with van der Waals surface area (Å²) in [5.41, 5.74) is 2.06. The second-order valence-electron chi connectivity index (χ2n) is 5.78. The first-order chi connectivity index (χ1) is 12.2. The molecule has 25 heavy (non-hydrogen) atoms. The van der Waals surface area contributed by atoms with E-state index in [0.29, 0.717) is 18.8 Å². The highest BCUT2D eigenvalue weighted by atomic mass is 32.2. The molecule has 0 atom stereocenters. The molecule has 3 rings (SSSR count). The third kappa shape index (κ3) is 4.37. The lowest BCUT2D eigenvalue weighted by Gasteiger charge is -2.21. The van der Waals surface area contributed by atoms with Crippen LogP contribution in [0.1, 0.15) is 18.3 Å². The number of fused-ring (bicyclic) bond motifs is 1. The number of benzene rings is 2. The first-order valence-electron chi connectivity index (χ1n) is 8.35. The quantitative estimate of drug-likeness (QED) is 0.496. The van der Waals surface area contributed by atoms with Crippen LogP contribution in [0.3, 0.4) is 0 Å². The molecule has 3 aromatic rings. The number of para-hydroxylation sites is 1. The van der Waals surface area contributed by atoms with Crippen LogP contribution in [0.4, 0.5) is 0 Å². The summed E-state index contributed by atoms with van der Waals surface area (Å²) in [5.74, 6) is 1.23. The van der Waals surface area contributed by atoms with E-state index < -0.39 is 0 Å². The summed E-state index contributed by atoms with van der Waals surface area (Å²) in [7, 11) is 0. The van der Waals surface area contributed by atoms with E-state index in [0.717, 1.165) is 27.3 Å². The van der Waals surface area contributed by atoms with Crippen molar-refractivity contribution in [1.29, 1.82) is 0 Å². The summed E-state index contributed by atoms with van der Waals surface area (Å²) in [4.78, 5) is 23.5. The van der Waals surface area contributed by atoms with Crippen LogP contribution in [-0.2, 0) is 11.3 Å². The molecule has 0 fully saturated rings. The van der Waals surface area contributed by atoms with Gasteiger partial charge in [-0.3, -0.25) is 4.79 Å². The fourth-order valence-corrected chi connectivity index (χ4v) is 3.64. The molecule has 1 heterocycles. The molecule has 2 aromatic carbocycles. The van der Waals surface area contributed by atoms with Crippen molar-refractivity contribution in [3.63, 3.8) is 0 Å². The monoisotopic (exact) mass is 351 g/mol. The molecule has 0 aliphatic rings. The Kier molecular flexibility index (Phi) is 5.66. The van der Waals surface area contributed by atoms with Gasteiger partial charge in [-0.05, 0) is 25.5 Å². The highest BCUT2D eigenvalue weighted by Crippen LogP contribution is 2.25. The van der Waals surface area contributed by atoms with Crippen molar-refractivity contribution in [3.05, 3.63) is 66.0 Å². The molecule has 0 aliphatic carbocycles. The maximum atomic E-state index is 12.6. The summed E-state index contributed by atoms with van der Waals surface area (Å²) in [5, 5.41) is 1.87. The minimum absolute atomic E-state index is 0.122. The van der Waals surface area contributed by atoms with E-state index in [2.05, 4.69) is 9.97 Å². The zero-order valence-corrected chi connectivity index (χ0v) is 15.3. The summed E-state index contributed by atoms with van der Waals surface area (Å²) in [6, 6.07) is 18.0. The largest absolute Gasteiger partial charge is 0.338 e. The summed E-state index contributed by atoms with van der Waals surface area (Å²) >= 11 is 1.48. The Labute approximate surface area is 152 Å². The lowest BCUT2D eigenvalue weighted by atomic mass is 10.2. The van der Waals surface area contributed by atoms with Gasteiger partial charge in [0.25, 0.3) is 0 Å². The Bertz CT molecular complexity index is 867. The van der Waals surface area contributed by atoms with Crippen LogP contribution in [0, 0.1) is 6.92 Å². The van der Waals surface area contributed by atoms with Crippen molar-refractivity contribution in [3.8, 4) is 0 Å². The number of nitrogens with zero attached hydrogens (tertiary/aromatic N) is 3. The van der Waals surface area contributed by atoms with E-state index in [1.807, 2.05) is 73.3 Å². The standard InChI is InChI=1S/C20H21N3OS/c1-3-23(13-16-9-5-4-6-10-16)19(24)14-25-20-17-11-7-8-12-18(17)21-15(2)22-20/h4-12H,3,13-14H2,1-2H3. The maximum absolute atomic E-state index is 12.6. The average molecular weight is 351 g/mol. The van der Waals surface area contributed by atoms with E-state index in [4.69, 9.17) is 0 Å². The van der Waals surface area contributed by atoms with Crippen molar-refractivity contribution >= 4 is 28.6 Å². The van der Waals surface area contributed by atoms with Crippen LogP contribution in [-0.4, -0.2) is 33.1 Å². The molecule has 4 nitrogen and oxygen atoms in total. The Morgan fingerprint density at radius 2 is 1.76 bits per heavy atom. The molecule has 0 saturated carbocycles. The highest BCUT2D eigenvalue weighted by Gasteiger charge is 2.14. The highest BCUT2D eigenvalue weighted by molar-refractivity contribution is 8.00. The van der Waals surface area contributed by atoms with Gasteiger partial charge in [0.1, 0.15) is 10.9 Å². The number of hydrogen-bond acceptors (Lipinski definition) is 4. The Hall–Kier alpha value is -2.40. The van der Waals surface area contributed by atoms with Crippen molar-refractivity contribution in [1.82, 2.24) is 14.9 Å². The molecule has 1 amide bonds. The minimum atomic E-state index is 0.122. The molecular formula is C20H21N3OS. The fraction of sp³-hybridized carbons (Fsp3) is 0.250. The van der Waals surface area contributed by atoms with E-state index in [1.54, 1.807) is 0 Å². The normalized spacial score (nSPS) is 10.8. The predicted molar refractivity (Wildman–Crippen MR) is 103 cm³/mol. The zero-order valence-electron chi connectivity index (χ0n) is 14.5. The first-order valence-corrected chi connectivity index (χ1v) is 9.34. The number of aromatic nitrogens is 2. The Morgan fingerprint density at radius 1 is 1.04 bits per heavy atom. The van der Waals surface area contributed by atoms with Crippen molar-refractivity contribution in [2.75, 3.05) is 12.3 Å². The van der Waals surface area contributed by atoms with Gasteiger partial charge < -0.3 is 4.90 Å². The lowest BCUT2D eigenvalue weighted by Crippen LogP contribution is -2.31. The van der Waals surface area contributed by atoms with Crippen LogP contribution in [0.25, 0.3) is 10.9 Å². The number of amides is 1. The Balaban J connectivity index is 1.71. The molecule has 0 saturated heterocycles. The molecule has 5 heteroatoms. The van der Waals surface area contributed by atoms with Crippen molar-refractivity contribution in [2.24, 2.45) is 0 Å². The Morgan fingerprint density at radius 3 is 2.52 bits per heavy atom. The number of carbonyl (C=O) groups excluding carboxylic acids is 1. The number of aryl methyl sites for hydroxylation is 1. The van der Waals surface area contributed by atoms with Crippen LogP contribution in [0.15, 0.2) is 59.6 Å². The van der Waals surface area contributed by atoms with Gasteiger partial charge >= 0.3 is 0 Å². The van der Waals surface area contributed by atoms with Gasteiger partial charge in [0.15, 0.2) is 0 Å². The van der Waals surface area contributed by atoms with Crippen LogP contribution in [0.5, 0.6) is 0 Å². The van der Waals surface area contributed by atoms with Crippen molar-refractivity contribution < 1.29 is 4.79 Å². The van der Waals surface area contributed by atoms with Gasteiger partial charge in [-0.1, -0.05) is 60.3 Å². The predicted octanol–water partition coefficient (Wildman–Crippen LogP) is 4.08. The fourth-order valence-electron chi connectivity index (χ4n) is 2.67. The molecule has 0 bridgehead atoms. The number of carbonyl (C=O) groups is 1. The van der Waals surface area contributed by atoms with E-state index in [9.17, 15) is 4.79 Å². The minimum Gasteiger partial charge on any atom is -0.338 e. The number of hydrogen-bond donors (Lipinski definition) is 0. The van der Waals surface area contributed by atoms with E-state index in [-0.39, 0.29) is 5.91 Å². The average Bonchev–Trinajstić information content (AvgIpc) is 2.64. The van der Waals surface area contributed by atoms with Crippen molar-refractivity contribution in [2.45, 2.75) is 25.4 Å². The molecule has 128 valence electrons. The second-order valence-corrected chi connectivity index (χ2v) is 6.74. The number of thioether (sulfide) groups is 1. The SMILES string of the molecule is CCN(Cc1ccccc1)C(=O)CSc1nc(C)nc2ccccc12. The van der Waals surface area contributed by atoms with E-state index >= 15 is 0 Å². The second kappa shape index (κ2) is 8.12. The summed E-state index contributed by atoms with van der Waals surface area (Å²) < 4.78 is 0. The zero-order chi connectivity index (χ0) is 17.6. The molecule has 0 aliphatic heterocycles. The topological polar surface area (TPSA) is 46.1 Å². The first kappa shape index (κ1) is 17.4. The maximum Gasteiger partial charge on any atom is 0.233 e. The molecule has 0 N–H and O–H groups in total.